The normalized spacial score (nSPS) is 37.3. The first-order valence-electron chi connectivity index (χ1n) is 51.2. The van der Waals surface area contributed by atoms with Gasteiger partial charge in [0.2, 0.25) is 0 Å². The Morgan fingerprint density at radius 3 is 0.394 bits per heavy atom. The highest BCUT2D eigenvalue weighted by molar-refractivity contribution is 6.76. The van der Waals surface area contributed by atoms with Gasteiger partial charge in [-0.25, -0.2) is 0 Å². The lowest BCUT2D eigenvalue weighted by molar-refractivity contribution is -0.402. The lowest BCUT2D eigenvalue weighted by atomic mass is 9.94. The van der Waals surface area contributed by atoms with Crippen LogP contribution in [0.4, 0.5) is 0 Å². The molecule has 0 spiro atoms. The van der Waals surface area contributed by atoms with Crippen LogP contribution in [0.25, 0.3) is 0 Å². The molecule has 838 valence electrons. The van der Waals surface area contributed by atoms with E-state index >= 15 is 0 Å². The van der Waals surface area contributed by atoms with Gasteiger partial charge in [0, 0.05) is 92.4 Å². The minimum atomic E-state index is -2.72. The molecule has 0 aromatic heterocycles. The Morgan fingerprint density at radius 2 is 0.289 bits per heavy atom. The minimum absolute atomic E-state index is 0.0236. The Kier molecular flexibility index (Phi) is 45.7. The molecule has 21 aliphatic rings. The Bertz CT molecular complexity index is 3590. The van der Waals surface area contributed by atoms with E-state index in [1.807, 2.05) is 0 Å². The molecule has 0 amide bonds. The second-order valence-corrected chi connectivity index (χ2v) is 83.8. The van der Waals surface area contributed by atoms with Crippen molar-refractivity contribution >= 4 is 58.2 Å². The van der Waals surface area contributed by atoms with Crippen molar-refractivity contribution in [2.24, 2.45) is 0 Å². The number of ether oxygens (including phenoxy) is 28. The lowest BCUT2D eigenvalue weighted by Gasteiger charge is -2.53. The topological polar surface area (TPSA) is 343 Å². The standard InChI is InChI=1S/C99H198O36Si7/c1-93(2,3)136(35,36)115-51-58-65-72(101-22)80(108-29)87(123-58)131-67-60(53-117-138(39,40)95(7,8)9)125-89(82(110-31)74(67)103-24)133-69-62(55-119-140(43,44)97(13,14)15)127-91(84(112-33)76(69)105-26)135-71-64(57-121-142(47,48)99(19,20)21)128-92(85(113-34)78(71)114-50-49-100)134-70-63(56-120-141(45,46)98(16,17)18)126-90(83(111-32)77(70)106-27)132-68-61(54-118-139(41,42)96(10,11)12)124-88(81(109-30)75(68)104-25)130-66-59(52-116-137(37,38)94(4,5)6)122-86(129-65)79(107-28)73(66)102-23/h58-92,100H,49-57H2,1-48H3/t58-,59-,60-,61-,62-,63-,64-,65-,66-,67-,68-,69-,70-,71-,72+,73+,74+,75+,76+,77+,78+,79-,80-,81-,82-,83-,84-,85-,86-,87-,88-,89-,90-,91-,92-/m1/s1. The molecule has 1 N–H and O–H groups in total. The third-order valence-corrected chi connectivity index (χ3v) is 65.5. The molecule has 43 heteroatoms. The number of rotatable bonds is 37. The Balaban J connectivity index is 1.45. The number of aliphatic hydroxyl groups is 1. The lowest BCUT2D eigenvalue weighted by Crippen LogP contribution is -2.70. The predicted octanol–water partition coefficient (Wildman–Crippen LogP) is 14.5. The Hall–Kier alpha value is 0.0782. The SMILES string of the molecule is CO[C@@H]1[C@@H](OC)[C@H]2O[C@H]3[C@H](OC)[C@@H](OC)[C@@H](O[C@H]4[C@H](OC)[C@@H](OC)[C@@H](O[C@H]5[C@H](OC)[C@@H](OC)[C@@H](O[C@H]6[C@H](OCCO)[C@@H](OC)[C@@H](O[C@H]7[C@H](OC)[C@@H](OC)[C@@H](O[C@H]8[C@H](OC)[C@@H](OC)[C@@H](O[C@@H]1[C@@H](CO[Si](C)(C)C(C)(C)C)O2)O[C@@H]8CO[Si](C)(C)C(C)(C)C)O[C@@H]7CO[Si](C)(C)C(C)(C)C)O[C@@H]6CO[Si](C)(C)C(C)(C)C)O[C@@H]5CO[Si](C)(C)C(C)(C)C)O[C@@H]4CO[Si](C)(C)C(C)(C)C)O[C@@H]3CO[Si](C)(C)C(C)(C)C. The van der Waals surface area contributed by atoms with Gasteiger partial charge < -0.3 is 169 Å². The molecule has 21 saturated heterocycles. The first kappa shape index (κ1) is 127. The zero-order valence-corrected chi connectivity index (χ0v) is 103. The van der Waals surface area contributed by atoms with E-state index in [1.165, 1.54) is 7.11 Å². The monoisotopic (exact) mass is 2160 g/mol. The fraction of sp³-hybridized carbons (Fsp3) is 1.00. The molecule has 21 heterocycles. The molecule has 36 nitrogen and oxygen atoms in total. The van der Waals surface area contributed by atoms with E-state index in [9.17, 15) is 5.11 Å². The highest BCUT2D eigenvalue weighted by Gasteiger charge is 2.65. The van der Waals surface area contributed by atoms with E-state index < -0.39 is 280 Å². The molecule has 21 aliphatic heterocycles. The molecule has 0 aromatic rings. The average molecular weight is 2160 g/mol. The van der Waals surface area contributed by atoms with Crippen LogP contribution >= 0.6 is 0 Å². The summed E-state index contributed by atoms with van der Waals surface area (Å²) in [6.07, 6.45) is -39.6. The smallest absolute Gasteiger partial charge is 0.192 e. The third-order valence-electron chi connectivity index (χ3n) is 34.0. The van der Waals surface area contributed by atoms with Crippen molar-refractivity contribution in [1.29, 1.82) is 0 Å². The molecular weight excluding hydrogens is 1960 g/mol. The maximum absolute atomic E-state index is 11.1. The summed E-state index contributed by atoms with van der Waals surface area (Å²) in [5.41, 5.74) is 0. The van der Waals surface area contributed by atoms with Crippen LogP contribution in [0, 0.1) is 0 Å². The summed E-state index contributed by atoms with van der Waals surface area (Å²) >= 11 is 0. The van der Waals surface area contributed by atoms with Crippen molar-refractivity contribution in [3.63, 3.8) is 0 Å². The largest absolute Gasteiger partial charge is 0.414 e. The van der Waals surface area contributed by atoms with Crippen molar-refractivity contribution in [1.82, 2.24) is 0 Å². The first-order chi connectivity index (χ1) is 65.5. The molecule has 0 saturated carbocycles. The van der Waals surface area contributed by atoms with Crippen LogP contribution in [0.15, 0.2) is 0 Å². The van der Waals surface area contributed by atoms with E-state index in [1.54, 1.807) is 85.3 Å². The molecular formula is C99H198O36Si7. The summed E-state index contributed by atoms with van der Waals surface area (Å²) in [7, 11) is 1.62. The van der Waals surface area contributed by atoms with E-state index in [0.29, 0.717) is 0 Å². The summed E-state index contributed by atoms with van der Waals surface area (Å²) < 4.78 is 252. The van der Waals surface area contributed by atoms with Gasteiger partial charge in [0.15, 0.2) is 102 Å². The molecule has 21 rings (SSSR count). The second kappa shape index (κ2) is 51.0. The molecule has 35 atom stereocenters. The van der Waals surface area contributed by atoms with Gasteiger partial charge in [0.1, 0.15) is 171 Å². The van der Waals surface area contributed by atoms with E-state index in [2.05, 4.69) is 237 Å². The van der Waals surface area contributed by atoms with Gasteiger partial charge in [0.05, 0.1) is 59.5 Å². The van der Waals surface area contributed by atoms with Gasteiger partial charge in [-0.15, -0.1) is 0 Å². The van der Waals surface area contributed by atoms with E-state index in [4.69, 9.17) is 164 Å². The maximum atomic E-state index is 11.1. The Morgan fingerprint density at radius 1 is 0.176 bits per heavy atom. The summed E-state index contributed by atoms with van der Waals surface area (Å²) in [5.74, 6) is 0. The van der Waals surface area contributed by atoms with Crippen LogP contribution in [0.3, 0.4) is 0 Å². The molecule has 14 bridgehead atoms. The third kappa shape index (κ3) is 29.5. The van der Waals surface area contributed by atoms with Crippen molar-refractivity contribution < 1.29 is 169 Å². The van der Waals surface area contributed by atoms with E-state index in [0.717, 1.165) is 0 Å². The van der Waals surface area contributed by atoms with Crippen LogP contribution in [0.2, 0.25) is 127 Å². The quantitative estimate of drug-likeness (QED) is 0.0565. The summed E-state index contributed by atoms with van der Waals surface area (Å²) in [6, 6.07) is 0. The molecule has 142 heavy (non-hydrogen) atoms. The van der Waals surface area contributed by atoms with Gasteiger partial charge in [-0.3, -0.25) is 0 Å². The zero-order valence-electron chi connectivity index (χ0n) is 96.3. The minimum Gasteiger partial charge on any atom is -0.414 e. The fourth-order valence-electron chi connectivity index (χ4n) is 17.4. The maximum Gasteiger partial charge on any atom is 0.192 e. The first-order valence-corrected chi connectivity index (χ1v) is 71.6. The average Bonchev–Trinajstić information content (AvgIpc) is 0.910. The number of methoxy groups -OCH3 is 13. The number of hydrogen-bond acceptors (Lipinski definition) is 36. The van der Waals surface area contributed by atoms with Gasteiger partial charge in [-0.2, -0.15) is 0 Å². The summed E-state index contributed by atoms with van der Waals surface area (Å²) in [5, 5.41) is 9.07. The second-order valence-electron chi connectivity index (χ2n) is 50.2. The Labute approximate surface area is 861 Å². The van der Waals surface area contributed by atoms with Crippen LogP contribution in [-0.4, -0.2) is 430 Å². The molecule has 21 fully saturated rings. The van der Waals surface area contributed by atoms with Gasteiger partial charge >= 0.3 is 0 Å². The van der Waals surface area contributed by atoms with Crippen molar-refractivity contribution in [3.05, 3.63) is 0 Å². The fourth-order valence-corrected chi connectivity index (χ4v) is 24.5. The van der Waals surface area contributed by atoms with Gasteiger partial charge in [-0.05, 0) is 127 Å². The summed E-state index contributed by atoms with van der Waals surface area (Å²) in [4.78, 5) is 0. The van der Waals surface area contributed by atoms with Crippen LogP contribution in [0.1, 0.15) is 145 Å². The van der Waals surface area contributed by atoms with Crippen LogP contribution in [0.5, 0.6) is 0 Å². The van der Waals surface area contributed by atoms with Crippen molar-refractivity contribution in [2.75, 3.05) is 152 Å². The summed E-state index contributed by atoms with van der Waals surface area (Å²) in [6.45, 7) is 75.2. The van der Waals surface area contributed by atoms with E-state index in [-0.39, 0.29) is 88.1 Å². The zero-order chi connectivity index (χ0) is 107. The highest BCUT2D eigenvalue weighted by Crippen LogP contribution is 2.50. The molecule has 0 unspecified atom stereocenters. The number of hydrogen-bond donors (Lipinski definition) is 1. The van der Waals surface area contributed by atoms with Crippen molar-refractivity contribution in [3.8, 4) is 0 Å². The molecule has 0 aliphatic carbocycles. The van der Waals surface area contributed by atoms with Gasteiger partial charge in [0.25, 0.3) is 0 Å². The highest BCUT2D eigenvalue weighted by atomic mass is 28.4. The predicted molar refractivity (Wildman–Crippen MR) is 554 cm³/mol. The molecule has 0 radical (unpaired) electrons. The number of aliphatic hydroxyl groups excluding tert-OH is 1. The van der Waals surface area contributed by atoms with Crippen LogP contribution < -0.4 is 0 Å². The van der Waals surface area contributed by atoms with Crippen LogP contribution in [-0.2, 0) is 164 Å². The van der Waals surface area contributed by atoms with Gasteiger partial charge in [-0.1, -0.05) is 145 Å². The molecule has 0 aromatic carbocycles. The van der Waals surface area contributed by atoms with Crippen molar-refractivity contribution in [2.45, 2.75) is 487 Å².